The summed E-state index contributed by atoms with van der Waals surface area (Å²) in [6.45, 7) is 1.72. The number of carbonyl (C=O) groups is 2. The minimum Gasteiger partial charge on any atom is -0.733 e. The lowest BCUT2D eigenvalue weighted by atomic mass is 9.74. The van der Waals surface area contributed by atoms with Gasteiger partial charge in [0.25, 0.3) is 0 Å². The van der Waals surface area contributed by atoms with Crippen LogP contribution in [0.1, 0.15) is 23.7 Å². The highest BCUT2D eigenvalue weighted by molar-refractivity contribution is 6.36. The molecular weight excluding hydrogens is 475 g/mol. The molecule has 9 nitrogen and oxygen atoms in total. The molecule has 0 bridgehead atoms. The number of carbonyl (C=O) groups excluding carboxylic acids is 2. The van der Waals surface area contributed by atoms with Crippen LogP contribution in [0.25, 0.3) is 0 Å². The number of benzene rings is 2. The molecule has 2 atom stereocenters. The number of halogens is 2. The summed E-state index contributed by atoms with van der Waals surface area (Å²) in [4.78, 5) is 26.8. The second kappa shape index (κ2) is 8.42. The number of rotatable bonds is 5. The predicted molar refractivity (Wildman–Crippen MR) is 122 cm³/mol. The minimum absolute atomic E-state index is 0.0451. The molecule has 0 saturated heterocycles. The van der Waals surface area contributed by atoms with Crippen molar-refractivity contribution in [3.05, 3.63) is 56.9 Å². The first kappa shape index (κ1) is 23.2. The number of nitrogens with one attached hydrogen (secondary N) is 1. The summed E-state index contributed by atoms with van der Waals surface area (Å²) in [7, 11) is 2.81. The standard InChI is InChI=1S/C22H19Cl2N2O7/c1-10-6-12(25-11-4-5-13(23)14(7-11)26(29)30)8-17(27)22(10)21(28)18-15(31-2)9-16(32-3)19(24)20(18)33-22/h4-5,7-10,25,29H,6H2,1-3H3/q-1/t10-,22+/m1/s1. The highest BCUT2D eigenvalue weighted by Crippen LogP contribution is 2.53. The van der Waals surface area contributed by atoms with E-state index in [2.05, 4.69) is 5.32 Å². The fourth-order valence-electron chi connectivity index (χ4n) is 4.14. The van der Waals surface area contributed by atoms with Crippen LogP contribution < -0.4 is 24.8 Å². The Morgan fingerprint density at radius 3 is 2.52 bits per heavy atom. The number of hydrogen-bond donors (Lipinski definition) is 2. The van der Waals surface area contributed by atoms with Gasteiger partial charge in [0, 0.05) is 29.4 Å². The minimum atomic E-state index is -1.79. The molecular formula is C22H19Cl2N2O7-. The number of hydrogen-bond acceptors (Lipinski definition) is 9. The molecule has 0 fully saturated rings. The zero-order chi connectivity index (χ0) is 24.1. The van der Waals surface area contributed by atoms with Gasteiger partial charge in [0.05, 0.1) is 24.9 Å². The number of nitrogens with zero attached hydrogens (tertiary/aromatic N) is 1. The van der Waals surface area contributed by atoms with Crippen molar-refractivity contribution >= 4 is 46.1 Å². The summed E-state index contributed by atoms with van der Waals surface area (Å²) in [5, 5.41) is 23.3. The van der Waals surface area contributed by atoms with Gasteiger partial charge in [-0.15, -0.1) is 0 Å². The van der Waals surface area contributed by atoms with Gasteiger partial charge >= 0.3 is 0 Å². The van der Waals surface area contributed by atoms with Gasteiger partial charge in [0.15, 0.2) is 5.75 Å². The molecule has 0 radical (unpaired) electrons. The lowest BCUT2D eigenvalue weighted by Crippen LogP contribution is -2.55. The Morgan fingerprint density at radius 1 is 1.21 bits per heavy atom. The van der Waals surface area contributed by atoms with Crippen LogP contribution in [0.5, 0.6) is 17.2 Å². The maximum absolute atomic E-state index is 13.5. The van der Waals surface area contributed by atoms with Gasteiger partial charge in [-0.3, -0.25) is 14.8 Å². The van der Waals surface area contributed by atoms with E-state index in [0.717, 1.165) is 0 Å². The van der Waals surface area contributed by atoms with Crippen molar-refractivity contribution in [1.29, 1.82) is 0 Å². The van der Waals surface area contributed by atoms with Gasteiger partial charge < -0.3 is 30.0 Å². The van der Waals surface area contributed by atoms with Crippen LogP contribution in [0.3, 0.4) is 0 Å². The first-order valence-corrected chi connectivity index (χ1v) is 10.6. The van der Waals surface area contributed by atoms with Gasteiger partial charge in [0.1, 0.15) is 22.1 Å². The van der Waals surface area contributed by atoms with E-state index in [1.807, 2.05) is 0 Å². The van der Waals surface area contributed by atoms with Crippen molar-refractivity contribution in [1.82, 2.24) is 0 Å². The molecule has 0 saturated carbocycles. The van der Waals surface area contributed by atoms with Crippen molar-refractivity contribution in [2.75, 3.05) is 24.8 Å². The van der Waals surface area contributed by atoms with Crippen molar-refractivity contribution < 1.29 is 29.0 Å². The number of Topliss-reactive ketones (excluding diaryl/α,β-unsaturated/α-hetero) is 1. The zero-order valence-corrected chi connectivity index (χ0v) is 19.3. The van der Waals surface area contributed by atoms with Crippen LogP contribution in [-0.4, -0.2) is 36.6 Å². The van der Waals surface area contributed by atoms with E-state index < -0.39 is 23.1 Å². The summed E-state index contributed by atoms with van der Waals surface area (Å²) in [6, 6.07) is 5.82. The highest BCUT2D eigenvalue weighted by atomic mass is 35.5. The van der Waals surface area contributed by atoms with Crippen molar-refractivity contribution in [3.63, 3.8) is 0 Å². The molecule has 1 aliphatic heterocycles. The van der Waals surface area contributed by atoms with E-state index in [4.69, 9.17) is 37.4 Å². The average Bonchev–Trinajstić information content (AvgIpc) is 3.09. The van der Waals surface area contributed by atoms with Crippen LogP contribution >= 0.6 is 23.2 Å². The molecule has 4 rings (SSSR count). The summed E-state index contributed by atoms with van der Waals surface area (Å²) < 4.78 is 16.6. The summed E-state index contributed by atoms with van der Waals surface area (Å²) in [5.41, 5.74) is -0.949. The quantitative estimate of drug-likeness (QED) is 0.453. The fourth-order valence-corrected chi connectivity index (χ4v) is 4.59. The Kier molecular flexibility index (Phi) is 5.92. The topological polar surface area (TPSA) is 120 Å². The number of anilines is 2. The molecule has 0 amide bonds. The molecule has 0 aromatic heterocycles. The van der Waals surface area contributed by atoms with Crippen LogP contribution in [-0.2, 0) is 4.79 Å². The van der Waals surface area contributed by atoms with E-state index in [1.165, 1.54) is 38.5 Å². The van der Waals surface area contributed by atoms with Crippen molar-refractivity contribution in [2.45, 2.75) is 18.9 Å². The Labute approximate surface area is 199 Å². The second-order valence-electron chi connectivity index (χ2n) is 7.67. The first-order chi connectivity index (χ1) is 15.6. The molecule has 1 heterocycles. The lowest BCUT2D eigenvalue weighted by molar-refractivity contribution is -0.129. The van der Waals surface area contributed by atoms with E-state index in [1.54, 1.807) is 13.0 Å². The molecule has 2 aromatic rings. The normalized spacial score (nSPS) is 21.4. The Hall–Kier alpha value is -2.98. The van der Waals surface area contributed by atoms with E-state index in [0.29, 0.717) is 11.4 Å². The molecule has 11 heteroatoms. The number of ketones is 2. The van der Waals surface area contributed by atoms with Gasteiger partial charge in [-0.1, -0.05) is 30.1 Å². The van der Waals surface area contributed by atoms with E-state index in [9.17, 15) is 20.0 Å². The third-order valence-electron chi connectivity index (χ3n) is 5.77. The molecule has 33 heavy (non-hydrogen) atoms. The Morgan fingerprint density at radius 2 is 1.91 bits per heavy atom. The van der Waals surface area contributed by atoms with Crippen LogP contribution in [0, 0.1) is 11.1 Å². The molecule has 2 aliphatic rings. The zero-order valence-electron chi connectivity index (χ0n) is 17.8. The largest absolute Gasteiger partial charge is 0.733 e. The van der Waals surface area contributed by atoms with E-state index >= 15 is 0 Å². The maximum atomic E-state index is 13.5. The molecule has 1 spiro atoms. The molecule has 174 valence electrons. The van der Waals surface area contributed by atoms with Crippen molar-refractivity contribution in [2.24, 2.45) is 5.92 Å². The van der Waals surface area contributed by atoms with Crippen LogP contribution in [0.15, 0.2) is 36.0 Å². The number of fused-ring (bicyclic) bond motifs is 1. The Balaban J connectivity index is 1.69. The number of methoxy groups -OCH3 is 2. The van der Waals surface area contributed by atoms with Gasteiger partial charge in [0.2, 0.25) is 17.2 Å². The molecule has 1 aliphatic carbocycles. The van der Waals surface area contributed by atoms with Gasteiger partial charge in [-0.25, -0.2) is 0 Å². The average molecular weight is 494 g/mol. The lowest BCUT2D eigenvalue weighted by Gasteiger charge is -2.35. The highest BCUT2D eigenvalue weighted by Gasteiger charge is 2.60. The molecule has 0 unspecified atom stereocenters. The SMILES string of the molecule is COc1cc(OC)c2c(c1Cl)O[C@@]1(C(=O)C=C(Nc3ccc(Cl)c(N([O-])O)c3)C[C@H]1C)C2=O. The van der Waals surface area contributed by atoms with Crippen LogP contribution in [0.4, 0.5) is 11.4 Å². The number of ether oxygens (including phenoxy) is 3. The predicted octanol–water partition coefficient (Wildman–Crippen LogP) is 4.62. The van der Waals surface area contributed by atoms with E-state index in [-0.39, 0.29) is 50.2 Å². The van der Waals surface area contributed by atoms with Gasteiger partial charge in [-0.05, 0) is 24.6 Å². The van der Waals surface area contributed by atoms with Gasteiger partial charge in [-0.2, -0.15) is 0 Å². The first-order valence-electron chi connectivity index (χ1n) is 9.80. The van der Waals surface area contributed by atoms with Crippen molar-refractivity contribution in [3.8, 4) is 17.2 Å². The summed E-state index contributed by atoms with van der Waals surface area (Å²) in [6.07, 6.45) is 1.55. The smallest absolute Gasteiger partial charge is 0.236 e. The third kappa shape index (κ3) is 3.57. The maximum Gasteiger partial charge on any atom is 0.236 e. The molecule has 2 aromatic carbocycles. The monoisotopic (exact) mass is 493 g/mol. The Bertz CT molecular complexity index is 1200. The van der Waals surface area contributed by atoms with Crippen LogP contribution in [0.2, 0.25) is 10.0 Å². The number of allylic oxidation sites excluding steroid dienone is 1. The summed E-state index contributed by atoms with van der Waals surface area (Å²) in [5.74, 6) is -1.19. The summed E-state index contributed by atoms with van der Waals surface area (Å²) >= 11 is 12.3. The fraction of sp³-hybridized carbons (Fsp3) is 0.273. The second-order valence-corrected chi connectivity index (χ2v) is 8.45. The third-order valence-corrected chi connectivity index (χ3v) is 6.44. The molecule has 2 N–H and O–H groups in total.